The Morgan fingerprint density at radius 2 is 1.93 bits per heavy atom. The number of benzene rings is 1. The molecule has 1 aromatic carbocycles. The van der Waals surface area contributed by atoms with Crippen LogP contribution in [0, 0.1) is 13.8 Å². The number of fused-ring (bicyclic) bond motifs is 3. The molecule has 0 fully saturated rings. The lowest BCUT2D eigenvalue weighted by Gasteiger charge is -2.12. The van der Waals surface area contributed by atoms with Crippen LogP contribution in [0.5, 0.6) is 0 Å². The number of amides is 1. The molecular formula is C23H26N6O. The summed E-state index contributed by atoms with van der Waals surface area (Å²) in [7, 11) is 3.90. The summed E-state index contributed by atoms with van der Waals surface area (Å²) in [5.74, 6) is 0.904. The van der Waals surface area contributed by atoms with Crippen molar-refractivity contribution in [3.8, 4) is 0 Å². The fourth-order valence-corrected chi connectivity index (χ4v) is 3.65. The zero-order valence-electron chi connectivity index (χ0n) is 17.8. The molecule has 0 bridgehead atoms. The predicted molar refractivity (Wildman–Crippen MR) is 119 cm³/mol. The monoisotopic (exact) mass is 402 g/mol. The first-order valence-electron chi connectivity index (χ1n) is 10.1. The predicted octanol–water partition coefficient (Wildman–Crippen LogP) is 3.21. The average molecular weight is 403 g/mol. The van der Waals surface area contributed by atoms with E-state index in [0.29, 0.717) is 19.4 Å². The molecule has 0 aliphatic rings. The Morgan fingerprint density at radius 3 is 2.67 bits per heavy atom. The molecule has 1 amide bonds. The first kappa shape index (κ1) is 19.8. The number of carbonyl (C=O) groups is 1. The summed E-state index contributed by atoms with van der Waals surface area (Å²) in [4.78, 5) is 23.5. The topological polar surface area (TPSA) is 75.4 Å². The number of anilines is 1. The summed E-state index contributed by atoms with van der Waals surface area (Å²) in [6.45, 7) is 4.51. The van der Waals surface area contributed by atoms with Gasteiger partial charge in [0.05, 0.1) is 5.52 Å². The van der Waals surface area contributed by atoms with Crippen molar-refractivity contribution in [2.75, 3.05) is 19.0 Å². The van der Waals surface area contributed by atoms with Gasteiger partial charge < -0.3 is 10.2 Å². The second-order valence-corrected chi connectivity index (χ2v) is 7.71. The van der Waals surface area contributed by atoms with Gasteiger partial charge in [-0.1, -0.05) is 18.2 Å². The highest BCUT2D eigenvalue weighted by Crippen LogP contribution is 2.22. The molecule has 0 saturated carbocycles. The zero-order chi connectivity index (χ0) is 21.3. The molecule has 3 aromatic heterocycles. The fraction of sp³-hybridized carbons (Fsp3) is 0.304. The van der Waals surface area contributed by atoms with Crippen LogP contribution in [0.25, 0.3) is 16.6 Å². The maximum Gasteiger partial charge on any atom is 0.220 e. The Bertz CT molecular complexity index is 1210. The standard InChI is InChI=1S/C23H26N6O/c1-15-18(16(2)29-23(26-15)19-7-5-6-8-20(19)27-29)10-12-22(30)25-14-17-9-11-21(24-13-17)28(3)4/h5-9,11,13H,10,12,14H2,1-4H3,(H,25,30). The van der Waals surface area contributed by atoms with E-state index >= 15 is 0 Å². The molecule has 4 aromatic rings. The number of pyridine rings is 1. The van der Waals surface area contributed by atoms with Crippen molar-refractivity contribution >= 4 is 28.3 Å². The quantitative estimate of drug-likeness (QED) is 0.536. The lowest BCUT2D eigenvalue weighted by atomic mass is 10.1. The Kier molecular flexibility index (Phi) is 5.35. The SMILES string of the molecule is Cc1nc2c3ccccc3nn2c(C)c1CCC(=O)NCc1ccc(N(C)C)nc1. The van der Waals surface area contributed by atoms with Gasteiger partial charge in [0, 0.05) is 50.0 Å². The summed E-state index contributed by atoms with van der Waals surface area (Å²) >= 11 is 0. The smallest absolute Gasteiger partial charge is 0.220 e. The number of carbonyl (C=O) groups excluding carboxylic acids is 1. The normalized spacial score (nSPS) is 11.2. The third kappa shape index (κ3) is 3.83. The van der Waals surface area contributed by atoms with Gasteiger partial charge in [-0.15, -0.1) is 0 Å². The number of aromatic nitrogens is 4. The maximum absolute atomic E-state index is 12.4. The molecule has 30 heavy (non-hydrogen) atoms. The second kappa shape index (κ2) is 8.10. The number of hydrogen-bond acceptors (Lipinski definition) is 5. The molecule has 154 valence electrons. The van der Waals surface area contributed by atoms with E-state index in [1.165, 1.54) is 0 Å². The van der Waals surface area contributed by atoms with Crippen molar-refractivity contribution in [2.24, 2.45) is 0 Å². The van der Waals surface area contributed by atoms with Crippen molar-refractivity contribution in [1.82, 2.24) is 24.9 Å². The van der Waals surface area contributed by atoms with Crippen molar-refractivity contribution in [3.63, 3.8) is 0 Å². The van der Waals surface area contributed by atoms with Crippen molar-refractivity contribution in [2.45, 2.75) is 33.2 Å². The van der Waals surface area contributed by atoms with Gasteiger partial charge in [-0.25, -0.2) is 14.5 Å². The first-order valence-corrected chi connectivity index (χ1v) is 10.1. The van der Waals surface area contributed by atoms with Crippen molar-refractivity contribution < 1.29 is 4.79 Å². The molecule has 0 aliphatic heterocycles. The van der Waals surface area contributed by atoms with Gasteiger partial charge in [0.25, 0.3) is 0 Å². The molecule has 7 heteroatoms. The summed E-state index contributed by atoms with van der Waals surface area (Å²) in [6, 6.07) is 11.9. The summed E-state index contributed by atoms with van der Waals surface area (Å²) in [6.07, 6.45) is 2.82. The van der Waals surface area contributed by atoms with E-state index in [0.717, 1.165) is 44.9 Å². The minimum absolute atomic E-state index is 0.0104. The molecule has 0 saturated heterocycles. The van der Waals surface area contributed by atoms with E-state index in [-0.39, 0.29) is 5.91 Å². The van der Waals surface area contributed by atoms with Crippen LogP contribution in [0.4, 0.5) is 5.82 Å². The number of rotatable bonds is 6. The second-order valence-electron chi connectivity index (χ2n) is 7.71. The van der Waals surface area contributed by atoms with E-state index in [2.05, 4.69) is 15.4 Å². The van der Waals surface area contributed by atoms with E-state index < -0.39 is 0 Å². The molecule has 1 N–H and O–H groups in total. The minimum Gasteiger partial charge on any atom is -0.363 e. The van der Waals surface area contributed by atoms with Crippen LogP contribution < -0.4 is 10.2 Å². The van der Waals surface area contributed by atoms with Gasteiger partial charge in [0.15, 0.2) is 5.65 Å². The van der Waals surface area contributed by atoms with Crippen LogP contribution in [-0.4, -0.2) is 39.6 Å². The lowest BCUT2D eigenvalue weighted by molar-refractivity contribution is -0.121. The zero-order valence-corrected chi connectivity index (χ0v) is 17.8. The number of nitrogens with zero attached hydrogens (tertiary/aromatic N) is 5. The van der Waals surface area contributed by atoms with Crippen LogP contribution in [0.2, 0.25) is 0 Å². The Morgan fingerprint density at radius 1 is 1.13 bits per heavy atom. The lowest BCUT2D eigenvalue weighted by Crippen LogP contribution is -2.23. The largest absolute Gasteiger partial charge is 0.363 e. The van der Waals surface area contributed by atoms with Gasteiger partial charge in [-0.05, 0) is 49.6 Å². The average Bonchev–Trinajstić information content (AvgIpc) is 3.11. The van der Waals surface area contributed by atoms with Crippen LogP contribution in [0.15, 0.2) is 42.6 Å². The summed E-state index contributed by atoms with van der Waals surface area (Å²) in [5, 5.41) is 8.71. The maximum atomic E-state index is 12.4. The van der Waals surface area contributed by atoms with Crippen LogP contribution >= 0.6 is 0 Å². The summed E-state index contributed by atoms with van der Waals surface area (Å²) < 4.78 is 1.89. The molecule has 4 rings (SSSR count). The molecule has 0 atom stereocenters. The highest BCUT2D eigenvalue weighted by Gasteiger charge is 2.15. The van der Waals surface area contributed by atoms with Crippen LogP contribution in [-0.2, 0) is 17.8 Å². The molecule has 0 unspecified atom stereocenters. The van der Waals surface area contributed by atoms with Gasteiger partial charge in [-0.2, -0.15) is 5.10 Å². The van der Waals surface area contributed by atoms with E-state index in [9.17, 15) is 4.79 Å². The fourth-order valence-electron chi connectivity index (χ4n) is 3.65. The molecule has 0 aliphatic carbocycles. The Hall–Kier alpha value is -3.48. The van der Waals surface area contributed by atoms with Gasteiger partial charge in [-0.3, -0.25) is 4.79 Å². The van der Waals surface area contributed by atoms with E-state index in [1.807, 2.05) is 73.8 Å². The highest BCUT2D eigenvalue weighted by atomic mass is 16.1. The molecule has 3 heterocycles. The van der Waals surface area contributed by atoms with Gasteiger partial charge in [0.1, 0.15) is 5.82 Å². The van der Waals surface area contributed by atoms with E-state index in [1.54, 1.807) is 6.20 Å². The molecule has 7 nitrogen and oxygen atoms in total. The number of nitrogens with one attached hydrogen (secondary N) is 1. The van der Waals surface area contributed by atoms with Crippen LogP contribution in [0.1, 0.15) is 28.9 Å². The third-order valence-electron chi connectivity index (χ3n) is 5.38. The number of hydrogen-bond donors (Lipinski definition) is 1. The molecular weight excluding hydrogens is 376 g/mol. The third-order valence-corrected chi connectivity index (χ3v) is 5.38. The van der Waals surface area contributed by atoms with E-state index in [4.69, 9.17) is 4.98 Å². The Labute approximate surface area is 175 Å². The summed E-state index contributed by atoms with van der Waals surface area (Å²) in [5.41, 5.74) is 5.82. The molecule has 0 spiro atoms. The molecule has 0 radical (unpaired) electrons. The van der Waals surface area contributed by atoms with Crippen molar-refractivity contribution in [1.29, 1.82) is 0 Å². The highest BCUT2D eigenvalue weighted by molar-refractivity contribution is 5.92. The minimum atomic E-state index is 0.0104. The first-order chi connectivity index (χ1) is 14.4. The van der Waals surface area contributed by atoms with Crippen molar-refractivity contribution in [3.05, 3.63) is 65.1 Å². The Balaban J connectivity index is 1.44. The van der Waals surface area contributed by atoms with Gasteiger partial charge in [0.2, 0.25) is 5.91 Å². The number of aryl methyl sites for hydroxylation is 2. The van der Waals surface area contributed by atoms with Crippen LogP contribution in [0.3, 0.4) is 0 Å². The van der Waals surface area contributed by atoms with Gasteiger partial charge >= 0.3 is 0 Å².